The average molecular weight is 286 g/mol. The minimum atomic E-state index is -0.554. The summed E-state index contributed by atoms with van der Waals surface area (Å²) in [6.07, 6.45) is 2.19. The van der Waals surface area contributed by atoms with E-state index in [2.05, 4.69) is 4.98 Å². The fourth-order valence-electron chi connectivity index (χ4n) is 1.97. The van der Waals surface area contributed by atoms with Crippen LogP contribution in [0.2, 0.25) is 0 Å². The van der Waals surface area contributed by atoms with Crippen LogP contribution in [-0.4, -0.2) is 27.4 Å². The van der Waals surface area contributed by atoms with Crippen LogP contribution < -0.4 is 0 Å². The monoisotopic (exact) mass is 286 g/mol. The minimum Gasteiger partial charge on any atom is -0.459 e. The molecule has 0 aliphatic heterocycles. The van der Waals surface area contributed by atoms with Crippen molar-refractivity contribution in [3.63, 3.8) is 0 Å². The van der Waals surface area contributed by atoms with Crippen molar-refractivity contribution < 1.29 is 14.3 Å². The molecule has 0 saturated heterocycles. The summed E-state index contributed by atoms with van der Waals surface area (Å²) in [5, 5.41) is 0. The van der Waals surface area contributed by atoms with Gasteiger partial charge in [0.25, 0.3) is 0 Å². The number of aldehydes is 1. The van der Waals surface area contributed by atoms with Gasteiger partial charge in [0.1, 0.15) is 17.8 Å². The Balaban J connectivity index is 2.25. The Morgan fingerprint density at radius 1 is 1.29 bits per heavy atom. The highest BCUT2D eigenvalue weighted by molar-refractivity contribution is 5.84. The summed E-state index contributed by atoms with van der Waals surface area (Å²) in [6, 6.07) is 9.37. The standard InChI is InChI=1S/C16H18N2O3/c1-16(2,3)21-14(20)9-18-11-17-15(13(18)10-19)12-7-5-4-6-8-12/h4-8,10-11H,9H2,1-3H3. The lowest BCUT2D eigenvalue weighted by atomic mass is 10.1. The predicted octanol–water partition coefficient (Wildman–Crippen LogP) is 2.70. The smallest absolute Gasteiger partial charge is 0.326 e. The van der Waals surface area contributed by atoms with Gasteiger partial charge in [-0.2, -0.15) is 0 Å². The van der Waals surface area contributed by atoms with Crippen molar-refractivity contribution in [1.82, 2.24) is 9.55 Å². The molecule has 5 heteroatoms. The first-order valence-corrected chi connectivity index (χ1v) is 6.68. The zero-order chi connectivity index (χ0) is 15.5. The number of imidazole rings is 1. The maximum atomic E-state index is 11.9. The zero-order valence-corrected chi connectivity index (χ0v) is 12.4. The second-order valence-corrected chi connectivity index (χ2v) is 5.68. The Labute approximate surface area is 123 Å². The van der Waals surface area contributed by atoms with Crippen molar-refractivity contribution in [3.8, 4) is 11.3 Å². The molecule has 0 spiro atoms. The largest absolute Gasteiger partial charge is 0.459 e. The average Bonchev–Trinajstić information content (AvgIpc) is 2.80. The van der Waals surface area contributed by atoms with E-state index in [0.717, 1.165) is 5.56 Å². The number of esters is 1. The first kappa shape index (κ1) is 15.0. The van der Waals surface area contributed by atoms with Crippen molar-refractivity contribution in [3.05, 3.63) is 42.4 Å². The van der Waals surface area contributed by atoms with Crippen molar-refractivity contribution >= 4 is 12.3 Å². The molecule has 1 aromatic heterocycles. The van der Waals surface area contributed by atoms with E-state index in [1.807, 2.05) is 30.3 Å². The molecular formula is C16H18N2O3. The van der Waals surface area contributed by atoms with Crippen LogP contribution in [0.5, 0.6) is 0 Å². The second-order valence-electron chi connectivity index (χ2n) is 5.68. The van der Waals surface area contributed by atoms with Crippen molar-refractivity contribution in [2.75, 3.05) is 0 Å². The fourth-order valence-corrected chi connectivity index (χ4v) is 1.97. The van der Waals surface area contributed by atoms with Gasteiger partial charge in [-0.15, -0.1) is 0 Å². The maximum absolute atomic E-state index is 11.9. The first-order chi connectivity index (χ1) is 9.90. The van der Waals surface area contributed by atoms with E-state index in [-0.39, 0.29) is 6.54 Å². The van der Waals surface area contributed by atoms with Crippen LogP contribution in [0.15, 0.2) is 36.7 Å². The number of nitrogens with zero attached hydrogens (tertiary/aromatic N) is 2. The molecular weight excluding hydrogens is 268 g/mol. The molecule has 0 aliphatic carbocycles. The summed E-state index contributed by atoms with van der Waals surface area (Å²) in [4.78, 5) is 27.4. The van der Waals surface area contributed by atoms with Gasteiger partial charge in [-0.1, -0.05) is 30.3 Å². The first-order valence-electron chi connectivity index (χ1n) is 6.68. The van der Waals surface area contributed by atoms with Crippen LogP contribution in [-0.2, 0) is 16.1 Å². The molecule has 0 aliphatic rings. The lowest BCUT2D eigenvalue weighted by molar-refractivity contribution is -0.155. The summed E-state index contributed by atoms with van der Waals surface area (Å²) < 4.78 is 6.76. The van der Waals surface area contributed by atoms with E-state index < -0.39 is 11.6 Å². The fraction of sp³-hybridized carbons (Fsp3) is 0.312. The molecule has 0 saturated carbocycles. The highest BCUT2D eigenvalue weighted by Gasteiger charge is 2.19. The third kappa shape index (κ3) is 3.78. The molecule has 0 fully saturated rings. The molecule has 0 amide bonds. The topological polar surface area (TPSA) is 61.2 Å². The van der Waals surface area contributed by atoms with E-state index in [0.29, 0.717) is 17.7 Å². The third-order valence-corrected chi connectivity index (χ3v) is 2.76. The Kier molecular flexibility index (Phi) is 4.21. The van der Waals surface area contributed by atoms with Crippen LogP contribution in [0.1, 0.15) is 31.3 Å². The van der Waals surface area contributed by atoms with Gasteiger partial charge in [-0.05, 0) is 20.8 Å². The number of aromatic nitrogens is 2. The molecule has 0 atom stereocenters. The Hall–Kier alpha value is -2.43. The van der Waals surface area contributed by atoms with Gasteiger partial charge in [0.15, 0.2) is 6.29 Å². The van der Waals surface area contributed by atoms with Crippen molar-refractivity contribution in [2.24, 2.45) is 0 Å². The van der Waals surface area contributed by atoms with E-state index in [4.69, 9.17) is 4.74 Å². The van der Waals surface area contributed by atoms with Gasteiger partial charge in [-0.3, -0.25) is 9.59 Å². The summed E-state index contributed by atoms with van der Waals surface area (Å²) >= 11 is 0. The second kappa shape index (κ2) is 5.91. The van der Waals surface area contributed by atoms with Crippen molar-refractivity contribution in [2.45, 2.75) is 32.9 Å². The normalized spacial score (nSPS) is 11.2. The SMILES string of the molecule is CC(C)(C)OC(=O)Cn1cnc(-c2ccccc2)c1C=O. The van der Waals surface area contributed by atoms with Crippen LogP contribution in [0.25, 0.3) is 11.3 Å². The maximum Gasteiger partial charge on any atom is 0.326 e. The third-order valence-electron chi connectivity index (χ3n) is 2.76. The Bertz CT molecular complexity index is 639. The van der Waals surface area contributed by atoms with Crippen LogP contribution >= 0.6 is 0 Å². The molecule has 110 valence electrons. The highest BCUT2D eigenvalue weighted by atomic mass is 16.6. The van der Waals surface area contributed by atoms with E-state index in [1.165, 1.54) is 10.9 Å². The molecule has 0 radical (unpaired) electrons. The predicted molar refractivity (Wildman–Crippen MR) is 78.9 cm³/mol. The lowest BCUT2D eigenvalue weighted by Crippen LogP contribution is -2.26. The quantitative estimate of drug-likeness (QED) is 0.640. The molecule has 0 N–H and O–H groups in total. The highest BCUT2D eigenvalue weighted by Crippen LogP contribution is 2.21. The number of ether oxygens (including phenoxy) is 1. The van der Waals surface area contributed by atoms with E-state index in [9.17, 15) is 9.59 Å². The van der Waals surface area contributed by atoms with Gasteiger partial charge in [-0.25, -0.2) is 4.98 Å². The number of benzene rings is 1. The molecule has 0 bridgehead atoms. The molecule has 21 heavy (non-hydrogen) atoms. The summed E-state index contributed by atoms with van der Waals surface area (Å²) in [7, 11) is 0. The number of carbonyl (C=O) groups is 2. The Morgan fingerprint density at radius 3 is 2.52 bits per heavy atom. The van der Waals surface area contributed by atoms with Gasteiger partial charge < -0.3 is 9.30 Å². The zero-order valence-electron chi connectivity index (χ0n) is 12.4. The van der Waals surface area contributed by atoms with Gasteiger partial charge in [0.2, 0.25) is 0 Å². The van der Waals surface area contributed by atoms with Gasteiger partial charge >= 0.3 is 5.97 Å². The molecule has 2 rings (SSSR count). The summed E-state index contributed by atoms with van der Waals surface area (Å²) in [5.41, 5.74) is 1.21. The number of hydrogen-bond acceptors (Lipinski definition) is 4. The number of rotatable bonds is 4. The minimum absolute atomic E-state index is 0.0365. The van der Waals surface area contributed by atoms with Gasteiger partial charge in [0, 0.05) is 5.56 Å². The Morgan fingerprint density at radius 2 is 1.95 bits per heavy atom. The lowest BCUT2D eigenvalue weighted by Gasteiger charge is -2.19. The molecule has 0 unspecified atom stereocenters. The van der Waals surface area contributed by atoms with Crippen LogP contribution in [0.4, 0.5) is 0 Å². The van der Waals surface area contributed by atoms with E-state index in [1.54, 1.807) is 20.8 Å². The molecule has 1 aromatic carbocycles. The summed E-state index contributed by atoms with van der Waals surface area (Å²) in [6.45, 7) is 5.36. The molecule has 2 aromatic rings. The number of carbonyl (C=O) groups excluding carboxylic acids is 2. The van der Waals surface area contributed by atoms with Crippen LogP contribution in [0.3, 0.4) is 0 Å². The van der Waals surface area contributed by atoms with Crippen molar-refractivity contribution in [1.29, 1.82) is 0 Å². The van der Waals surface area contributed by atoms with Crippen LogP contribution in [0, 0.1) is 0 Å². The summed E-state index contributed by atoms with van der Waals surface area (Å²) in [5.74, 6) is -0.400. The van der Waals surface area contributed by atoms with E-state index >= 15 is 0 Å². The molecule has 5 nitrogen and oxygen atoms in total. The number of hydrogen-bond donors (Lipinski definition) is 0. The van der Waals surface area contributed by atoms with Gasteiger partial charge in [0.05, 0.1) is 12.0 Å². The molecule has 1 heterocycles.